The third-order valence-corrected chi connectivity index (χ3v) is 4.66. The number of carbonyl (C=O) groups excluding carboxylic acids is 2. The zero-order valence-corrected chi connectivity index (χ0v) is 17.4. The van der Waals surface area contributed by atoms with E-state index in [0.29, 0.717) is 14.5 Å². The van der Waals surface area contributed by atoms with Crippen molar-refractivity contribution in [3.63, 3.8) is 0 Å². The Labute approximate surface area is 174 Å². The molecule has 0 spiro atoms. The van der Waals surface area contributed by atoms with Crippen LogP contribution in [0.25, 0.3) is 0 Å². The van der Waals surface area contributed by atoms with Crippen LogP contribution in [0.5, 0.6) is 5.75 Å². The monoisotopic (exact) mass is 476 g/mol. The van der Waals surface area contributed by atoms with Gasteiger partial charge in [-0.3, -0.25) is 9.59 Å². The molecule has 0 fully saturated rings. The van der Waals surface area contributed by atoms with Gasteiger partial charge in [-0.2, -0.15) is 0 Å². The highest BCUT2D eigenvalue weighted by Crippen LogP contribution is 2.29. The summed E-state index contributed by atoms with van der Waals surface area (Å²) in [5.74, 6) is -1.56. The van der Waals surface area contributed by atoms with Crippen LogP contribution >= 0.6 is 39.1 Å². The van der Waals surface area contributed by atoms with Crippen LogP contribution in [0.4, 0.5) is 10.1 Å². The molecule has 1 N–H and O–H groups in total. The van der Waals surface area contributed by atoms with Crippen LogP contribution in [-0.4, -0.2) is 36.4 Å². The van der Waals surface area contributed by atoms with Crippen molar-refractivity contribution in [2.75, 3.05) is 25.0 Å². The van der Waals surface area contributed by atoms with Gasteiger partial charge in [-0.05, 0) is 37.3 Å². The number of ether oxygens (including phenoxy) is 1. The molecule has 2 amide bonds. The fraction of sp³-hybridized carbons (Fsp3) is 0.222. The van der Waals surface area contributed by atoms with E-state index < -0.39 is 24.2 Å². The second-order valence-electron chi connectivity index (χ2n) is 5.42. The lowest BCUT2D eigenvalue weighted by molar-refractivity contribution is -0.136. The molecule has 2 rings (SSSR count). The minimum absolute atomic E-state index is 0.0464. The molecular formula is C18H16BrCl2FN2O3. The summed E-state index contributed by atoms with van der Waals surface area (Å²) in [4.78, 5) is 25.8. The van der Waals surface area contributed by atoms with Crippen molar-refractivity contribution in [3.8, 4) is 5.75 Å². The van der Waals surface area contributed by atoms with Gasteiger partial charge in [-0.1, -0.05) is 45.2 Å². The Morgan fingerprint density at radius 1 is 1.22 bits per heavy atom. The number of nitrogens with one attached hydrogen (secondary N) is 1. The maximum absolute atomic E-state index is 13.7. The molecule has 144 valence electrons. The van der Waals surface area contributed by atoms with E-state index in [-0.39, 0.29) is 24.5 Å². The first-order valence-electron chi connectivity index (χ1n) is 7.91. The molecule has 0 aliphatic heterocycles. The molecule has 5 nitrogen and oxygen atoms in total. The van der Waals surface area contributed by atoms with Crippen molar-refractivity contribution in [2.45, 2.75) is 6.92 Å². The van der Waals surface area contributed by atoms with Crippen molar-refractivity contribution in [1.82, 2.24) is 4.90 Å². The average molecular weight is 478 g/mol. The predicted octanol–water partition coefficient (Wildman–Crippen LogP) is 4.76. The van der Waals surface area contributed by atoms with Crippen LogP contribution in [0.3, 0.4) is 0 Å². The van der Waals surface area contributed by atoms with Crippen molar-refractivity contribution in [2.24, 2.45) is 0 Å². The highest BCUT2D eigenvalue weighted by atomic mass is 79.9. The van der Waals surface area contributed by atoms with Gasteiger partial charge in [0.05, 0.1) is 22.3 Å². The molecule has 0 radical (unpaired) electrons. The highest BCUT2D eigenvalue weighted by Gasteiger charge is 2.18. The number of nitrogens with zero attached hydrogens (tertiary/aromatic N) is 1. The van der Waals surface area contributed by atoms with Gasteiger partial charge in [-0.15, -0.1) is 0 Å². The molecule has 0 heterocycles. The Balaban J connectivity index is 1.95. The number of amides is 2. The Morgan fingerprint density at radius 3 is 2.48 bits per heavy atom. The Bertz CT molecular complexity index is 831. The predicted molar refractivity (Wildman–Crippen MR) is 107 cm³/mol. The summed E-state index contributed by atoms with van der Waals surface area (Å²) in [6.07, 6.45) is 0. The van der Waals surface area contributed by atoms with Crippen LogP contribution in [0.2, 0.25) is 10.0 Å². The number of para-hydroxylation sites is 1. The lowest BCUT2D eigenvalue weighted by Crippen LogP contribution is -2.40. The van der Waals surface area contributed by atoms with E-state index in [0.717, 1.165) is 0 Å². The zero-order chi connectivity index (χ0) is 20.0. The fourth-order valence-corrected chi connectivity index (χ4v) is 2.99. The van der Waals surface area contributed by atoms with E-state index in [1.54, 1.807) is 31.2 Å². The largest absolute Gasteiger partial charge is 0.481 e. The van der Waals surface area contributed by atoms with Crippen LogP contribution in [-0.2, 0) is 9.59 Å². The normalized spacial score (nSPS) is 10.4. The molecule has 0 atom stereocenters. The topological polar surface area (TPSA) is 58.6 Å². The highest BCUT2D eigenvalue weighted by molar-refractivity contribution is 9.10. The quantitative estimate of drug-likeness (QED) is 0.625. The number of anilines is 1. The molecule has 0 aliphatic rings. The lowest BCUT2D eigenvalue weighted by Gasteiger charge is -2.21. The lowest BCUT2D eigenvalue weighted by atomic mass is 10.3. The van der Waals surface area contributed by atoms with Gasteiger partial charge in [0.15, 0.2) is 18.2 Å². The number of hydrogen-bond donors (Lipinski definition) is 1. The molecule has 0 aliphatic carbocycles. The third kappa shape index (κ3) is 6.09. The van der Waals surface area contributed by atoms with Gasteiger partial charge in [0, 0.05) is 11.0 Å². The Kier molecular flexibility index (Phi) is 7.89. The summed E-state index contributed by atoms with van der Waals surface area (Å²) in [7, 11) is 0. The second kappa shape index (κ2) is 9.92. The van der Waals surface area contributed by atoms with Crippen LogP contribution < -0.4 is 10.1 Å². The summed E-state index contributed by atoms with van der Waals surface area (Å²) in [5, 5.41) is 3.17. The van der Waals surface area contributed by atoms with Gasteiger partial charge < -0.3 is 15.0 Å². The van der Waals surface area contributed by atoms with E-state index in [9.17, 15) is 14.0 Å². The first-order chi connectivity index (χ1) is 12.8. The number of halogens is 4. The third-order valence-electron chi connectivity index (χ3n) is 3.54. The maximum Gasteiger partial charge on any atom is 0.260 e. The zero-order valence-electron chi connectivity index (χ0n) is 14.3. The molecular weight excluding hydrogens is 462 g/mol. The van der Waals surface area contributed by atoms with Gasteiger partial charge in [-0.25, -0.2) is 4.39 Å². The molecule has 27 heavy (non-hydrogen) atoms. The summed E-state index contributed by atoms with van der Waals surface area (Å²) >= 11 is 15.2. The van der Waals surface area contributed by atoms with Crippen molar-refractivity contribution >= 4 is 56.6 Å². The minimum atomic E-state index is -0.591. The Hall–Kier alpha value is -1.83. The average Bonchev–Trinajstić information content (AvgIpc) is 2.62. The number of carbonyl (C=O) groups is 2. The molecule has 0 saturated carbocycles. The first kappa shape index (κ1) is 21.5. The molecule has 0 unspecified atom stereocenters. The van der Waals surface area contributed by atoms with E-state index in [2.05, 4.69) is 21.2 Å². The standard InChI is InChI=1S/C18H16BrCl2FN2O3/c1-2-24(9-16(25)23-18-12(20)4-3-5-13(18)21)17(26)10-27-15-7-6-11(19)8-14(15)22/h3-8H,2,9-10H2,1H3,(H,23,25). The van der Waals surface area contributed by atoms with Crippen LogP contribution in [0, 0.1) is 5.82 Å². The molecule has 0 aromatic heterocycles. The summed E-state index contributed by atoms with van der Waals surface area (Å²) in [6.45, 7) is 1.37. The van der Waals surface area contributed by atoms with Crippen molar-refractivity contribution in [1.29, 1.82) is 0 Å². The number of hydrogen-bond acceptors (Lipinski definition) is 3. The summed E-state index contributed by atoms with van der Waals surface area (Å²) in [5.41, 5.74) is 0.280. The minimum Gasteiger partial charge on any atom is -0.481 e. The number of likely N-dealkylation sites (N-methyl/N-ethyl adjacent to an activating group) is 1. The van der Waals surface area contributed by atoms with Gasteiger partial charge >= 0.3 is 0 Å². The SMILES string of the molecule is CCN(CC(=O)Nc1c(Cl)cccc1Cl)C(=O)COc1ccc(Br)cc1F. The van der Waals surface area contributed by atoms with E-state index in [1.807, 2.05) is 0 Å². The van der Waals surface area contributed by atoms with E-state index >= 15 is 0 Å². The van der Waals surface area contributed by atoms with Crippen molar-refractivity contribution < 1.29 is 18.7 Å². The van der Waals surface area contributed by atoms with E-state index in [4.69, 9.17) is 27.9 Å². The first-order valence-corrected chi connectivity index (χ1v) is 9.46. The number of rotatable bonds is 7. The molecule has 2 aromatic carbocycles. The summed E-state index contributed by atoms with van der Waals surface area (Å²) in [6, 6.07) is 9.08. The Morgan fingerprint density at radius 2 is 1.89 bits per heavy atom. The fourth-order valence-electron chi connectivity index (χ4n) is 2.17. The summed E-state index contributed by atoms with van der Waals surface area (Å²) < 4.78 is 19.5. The molecule has 0 saturated heterocycles. The maximum atomic E-state index is 13.7. The van der Waals surface area contributed by atoms with Gasteiger partial charge in [0.25, 0.3) is 5.91 Å². The van der Waals surface area contributed by atoms with Gasteiger partial charge in [0.1, 0.15) is 0 Å². The molecule has 2 aromatic rings. The van der Waals surface area contributed by atoms with Crippen molar-refractivity contribution in [3.05, 3.63) is 56.7 Å². The van der Waals surface area contributed by atoms with Crippen LogP contribution in [0.15, 0.2) is 40.9 Å². The molecule has 9 heteroatoms. The van der Waals surface area contributed by atoms with E-state index in [1.165, 1.54) is 17.0 Å². The van der Waals surface area contributed by atoms with Crippen LogP contribution in [0.1, 0.15) is 6.92 Å². The molecule has 0 bridgehead atoms. The second-order valence-corrected chi connectivity index (χ2v) is 7.15. The van der Waals surface area contributed by atoms with Gasteiger partial charge in [0.2, 0.25) is 5.91 Å². The number of benzene rings is 2. The smallest absolute Gasteiger partial charge is 0.260 e.